The van der Waals surface area contributed by atoms with Crippen molar-refractivity contribution in [1.82, 2.24) is 5.32 Å². The highest BCUT2D eigenvalue weighted by Gasteiger charge is 2.25. The van der Waals surface area contributed by atoms with Crippen LogP contribution in [0.3, 0.4) is 0 Å². The maximum Gasteiger partial charge on any atom is 0.349 e. The maximum atomic E-state index is 12.7. The Morgan fingerprint density at radius 2 is 1.61 bits per heavy atom. The van der Waals surface area contributed by atoms with Gasteiger partial charge in [-0.25, -0.2) is 4.79 Å². The third kappa shape index (κ3) is 5.67. The lowest BCUT2D eigenvalue weighted by molar-refractivity contribution is -0.384. The summed E-state index contributed by atoms with van der Waals surface area (Å²) in [5, 5.41) is 15.8. The van der Waals surface area contributed by atoms with Gasteiger partial charge in [-0.1, -0.05) is 55.5 Å². The number of fused-ring (bicyclic) bond motifs is 1. The van der Waals surface area contributed by atoms with E-state index >= 15 is 0 Å². The van der Waals surface area contributed by atoms with E-state index in [-0.39, 0.29) is 30.4 Å². The van der Waals surface area contributed by atoms with Crippen molar-refractivity contribution in [1.29, 1.82) is 0 Å². The zero-order valence-corrected chi connectivity index (χ0v) is 19.5. The number of non-ortho nitro benzene ring substituents is 1. The summed E-state index contributed by atoms with van der Waals surface area (Å²) >= 11 is 0. The number of benzene rings is 4. The molecule has 4 aromatic rings. The van der Waals surface area contributed by atoms with E-state index in [0.717, 1.165) is 10.8 Å². The van der Waals surface area contributed by atoms with Gasteiger partial charge >= 0.3 is 5.97 Å². The average Bonchev–Trinajstić information content (AvgIpc) is 2.91. The van der Waals surface area contributed by atoms with E-state index in [1.54, 1.807) is 49.4 Å². The molecule has 0 bridgehead atoms. The summed E-state index contributed by atoms with van der Waals surface area (Å²) in [5.41, 5.74) is 1.11. The zero-order valence-electron chi connectivity index (χ0n) is 19.5. The zero-order chi connectivity index (χ0) is 25.5. The molecule has 0 aromatic heterocycles. The van der Waals surface area contributed by atoms with Crippen molar-refractivity contribution in [2.45, 2.75) is 19.4 Å². The summed E-state index contributed by atoms with van der Waals surface area (Å²) in [6.45, 7) is 1.42. The molecule has 36 heavy (non-hydrogen) atoms. The lowest BCUT2D eigenvalue weighted by atomic mass is 9.92. The molecule has 182 valence electrons. The Morgan fingerprint density at radius 3 is 2.31 bits per heavy atom. The van der Waals surface area contributed by atoms with Crippen LogP contribution in [0, 0.1) is 10.1 Å². The van der Waals surface area contributed by atoms with Crippen LogP contribution in [0.15, 0.2) is 91.0 Å². The minimum absolute atomic E-state index is 0.0676. The Morgan fingerprint density at radius 1 is 0.917 bits per heavy atom. The van der Waals surface area contributed by atoms with Crippen molar-refractivity contribution in [3.8, 4) is 11.5 Å². The maximum absolute atomic E-state index is 12.7. The lowest BCUT2D eigenvalue weighted by Gasteiger charge is -2.24. The summed E-state index contributed by atoms with van der Waals surface area (Å²) in [6.07, 6.45) is 0.230. The van der Waals surface area contributed by atoms with E-state index < -0.39 is 16.9 Å². The number of nitrogens with one attached hydrogen (secondary N) is 1. The summed E-state index contributed by atoms with van der Waals surface area (Å²) in [5.74, 6) is -0.0436. The Hall–Kier alpha value is -4.72. The van der Waals surface area contributed by atoms with Gasteiger partial charge in [0.05, 0.1) is 11.0 Å². The van der Waals surface area contributed by atoms with E-state index in [9.17, 15) is 19.7 Å². The van der Waals surface area contributed by atoms with Crippen LogP contribution in [0.2, 0.25) is 0 Å². The number of hydrogen-bond donors (Lipinski definition) is 1. The molecule has 8 nitrogen and oxygen atoms in total. The number of amides is 1. The number of nitro benzene ring substituents is 1. The van der Waals surface area contributed by atoms with Crippen molar-refractivity contribution < 1.29 is 24.0 Å². The second-order valence-electron chi connectivity index (χ2n) is 7.98. The van der Waals surface area contributed by atoms with E-state index in [4.69, 9.17) is 9.47 Å². The summed E-state index contributed by atoms with van der Waals surface area (Å²) in [7, 11) is 0. The highest BCUT2D eigenvalue weighted by Crippen LogP contribution is 2.37. The van der Waals surface area contributed by atoms with Crippen LogP contribution in [0.1, 0.15) is 30.5 Å². The van der Waals surface area contributed by atoms with E-state index in [1.807, 2.05) is 36.4 Å². The van der Waals surface area contributed by atoms with E-state index in [1.165, 1.54) is 12.1 Å². The van der Waals surface area contributed by atoms with Gasteiger partial charge in [0.2, 0.25) is 5.91 Å². The van der Waals surface area contributed by atoms with Crippen LogP contribution < -0.4 is 14.8 Å². The molecule has 1 unspecified atom stereocenters. The Bertz CT molecular complexity index is 1390. The number of para-hydroxylation sites is 1. The summed E-state index contributed by atoms with van der Waals surface area (Å²) in [6, 6.07) is 25.2. The van der Waals surface area contributed by atoms with Gasteiger partial charge < -0.3 is 14.8 Å². The first-order chi connectivity index (χ1) is 17.5. The highest BCUT2D eigenvalue weighted by atomic mass is 16.6. The number of carbonyl (C=O) groups is 2. The number of nitro groups is 1. The van der Waals surface area contributed by atoms with Crippen LogP contribution in [0.5, 0.6) is 11.5 Å². The fourth-order valence-electron chi connectivity index (χ4n) is 3.85. The van der Waals surface area contributed by atoms with Crippen molar-refractivity contribution in [3.05, 3.63) is 112 Å². The first-order valence-electron chi connectivity index (χ1n) is 11.4. The van der Waals surface area contributed by atoms with E-state index in [0.29, 0.717) is 16.9 Å². The Kier molecular flexibility index (Phi) is 7.55. The number of rotatable bonds is 9. The second-order valence-corrected chi connectivity index (χ2v) is 7.98. The first-order valence-corrected chi connectivity index (χ1v) is 11.4. The van der Waals surface area contributed by atoms with Crippen molar-refractivity contribution >= 4 is 28.3 Å². The number of esters is 1. The van der Waals surface area contributed by atoms with Crippen LogP contribution in [0.25, 0.3) is 10.8 Å². The Balaban J connectivity index is 1.74. The van der Waals surface area contributed by atoms with Gasteiger partial charge in [0.25, 0.3) is 5.69 Å². The molecular formula is C28H24N2O6. The molecule has 0 heterocycles. The lowest BCUT2D eigenvalue weighted by Crippen LogP contribution is -2.29. The first kappa shape index (κ1) is 24.4. The quantitative estimate of drug-likeness (QED) is 0.149. The molecule has 0 saturated heterocycles. The van der Waals surface area contributed by atoms with Crippen molar-refractivity contribution in [2.75, 3.05) is 6.61 Å². The molecule has 1 atom stereocenters. The number of hydrogen-bond acceptors (Lipinski definition) is 6. The van der Waals surface area contributed by atoms with Gasteiger partial charge in [-0.2, -0.15) is 0 Å². The molecule has 0 aliphatic carbocycles. The topological polar surface area (TPSA) is 108 Å². The number of nitrogens with zero attached hydrogens (tertiary/aromatic N) is 1. The summed E-state index contributed by atoms with van der Waals surface area (Å²) in [4.78, 5) is 35.9. The third-order valence-corrected chi connectivity index (χ3v) is 5.61. The fourth-order valence-corrected chi connectivity index (χ4v) is 3.85. The molecule has 4 aromatic carbocycles. The van der Waals surface area contributed by atoms with E-state index in [2.05, 4.69) is 5.32 Å². The molecule has 1 amide bonds. The van der Waals surface area contributed by atoms with Gasteiger partial charge in [-0.3, -0.25) is 14.9 Å². The van der Waals surface area contributed by atoms with Crippen LogP contribution in [-0.4, -0.2) is 23.4 Å². The second kappa shape index (κ2) is 11.1. The molecule has 0 aliphatic rings. The van der Waals surface area contributed by atoms with Crippen LogP contribution in [0.4, 0.5) is 5.69 Å². The van der Waals surface area contributed by atoms with Gasteiger partial charge in [0.1, 0.15) is 11.5 Å². The van der Waals surface area contributed by atoms with Crippen LogP contribution in [-0.2, 0) is 9.59 Å². The minimum Gasteiger partial charge on any atom is -0.482 e. The third-order valence-electron chi connectivity index (χ3n) is 5.61. The SMILES string of the molecule is CCC(=O)NC(c1ccc([N+](=O)[O-])cc1)c1c(OC(=O)COc2ccccc2)ccc2ccccc12. The fraction of sp³-hybridized carbons (Fsp3) is 0.143. The molecule has 4 rings (SSSR count). The largest absolute Gasteiger partial charge is 0.482 e. The van der Waals surface area contributed by atoms with Gasteiger partial charge in [-0.05, 0) is 46.7 Å². The van der Waals surface area contributed by atoms with Gasteiger partial charge in [-0.15, -0.1) is 0 Å². The molecular weight excluding hydrogens is 460 g/mol. The molecule has 0 spiro atoms. The number of carbonyl (C=O) groups excluding carboxylic acids is 2. The number of ether oxygens (including phenoxy) is 2. The smallest absolute Gasteiger partial charge is 0.349 e. The average molecular weight is 485 g/mol. The summed E-state index contributed by atoms with van der Waals surface area (Å²) < 4.78 is 11.3. The van der Waals surface area contributed by atoms with Gasteiger partial charge in [0, 0.05) is 24.1 Å². The predicted molar refractivity (Wildman–Crippen MR) is 135 cm³/mol. The molecule has 0 fully saturated rings. The molecule has 0 aliphatic heterocycles. The normalized spacial score (nSPS) is 11.5. The standard InChI is InChI=1S/C28H24N2O6/c1-2-25(31)29-28(20-12-15-21(16-13-20)30(33)34)27-23-11-7-6-8-19(23)14-17-24(27)36-26(32)18-35-22-9-4-3-5-10-22/h3-17,28H,2,18H2,1H3,(H,29,31). The van der Waals surface area contributed by atoms with Gasteiger partial charge in [0.15, 0.2) is 6.61 Å². The van der Waals surface area contributed by atoms with Crippen LogP contribution >= 0.6 is 0 Å². The minimum atomic E-state index is -0.720. The molecule has 0 saturated carbocycles. The molecule has 0 radical (unpaired) electrons. The monoisotopic (exact) mass is 484 g/mol. The molecule has 1 N–H and O–H groups in total. The van der Waals surface area contributed by atoms with Crippen molar-refractivity contribution in [2.24, 2.45) is 0 Å². The predicted octanol–water partition coefficient (Wildman–Crippen LogP) is 5.35. The van der Waals surface area contributed by atoms with Crippen molar-refractivity contribution in [3.63, 3.8) is 0 Å². The Labute approximate surface area is 207 Å². The molecule has 8 heteroatoms. The highest BCUT2D eigenvalue weighted by molar-refractivity contribution is 5.90.